The van der Waals surface area contributed by atoms with Crippen molar-refractivity contribution in [2.45, 2.75) is 6.54 Å². The van der Waals surface area contributed by atoms with E-state index in [0.29, 0.717) is 17.8 Å². The predicted molar refractivity (Wildman–Crippen MR) is 112 cm³/mol. The molecule has 0 spiro atoms. The van der Waals surface area contributed by atoms with Crippen LogP contribution in [0.25, 0.3) is 10.9 Å². The van der Waals surface area contributed by atoms with Crippen LogP contribution in [0.2, 0.25) is 0 Å². The minimum Gasteiger partial charge on any atom is -0.342 e. The number of para-hydroxylation sites is 1. The molecular formula is C22H17FN4O2. The van der Waals surface area contributed by atoms with Gasteiger partial charge in [-0.25, -0.2) is 4.39 Å². The second kappa shape index (κ2) is 7.93. The third-order valence-electron chi connectivity index (χ3n) is 4.59. The highest BCUT2D eigenvalue weighted by atomic mass is 19.1. The Bertz CT molecular complexity index is 1200. The normalized spacial score (nSPS) is 11.2. The Morgan fingerprint density at radius 3 is 2.52 bits per heavy atom. The first-order chi connectivity index (χ1) is 14.1. The Morgan fingerprint density at radius 2 is 1.76 bits per heavy atom. The van der Waals surface area contributed by atoms with Crippen LogP contribution in [0, 0.1) is 15.9 Å². The van der Waals surface area contributed by atoms with E-state index in [1.165, 1.54) is 18.2 Å². The van der Waals surface area contributed by atoms with Crippen LogP contribution in [-0.4, -0.2) is 15.7 Å². The number of rotatable bonds is 6. The molecule has 144 valence electrons. The molecule has 0 aliphatic rings. The van der Waals surface area contributed by atoms with Gasteiger partial charge in [-0.3, -0.25) is 15.5 Å². The summed E-state index contributed by atoms with van der Waals surface area (Å²) in [6.07, 6.45) is 3.61. The van der Waals surface area contributed by atoms with Gasteiger partial charge in [0.1, 0.15) is 5.82 Å². The van der Waals surface area contributed by atoms with Crippen LogP contribution in [0.15, 0.2) is 84.1 Å². The number of non-ortho nitro benzene ring substituents is 1. The van der Waals surface area contributed by atoms with Gasteiger partial charge in [0.25, 0.3) is 5.69 Å². The SMILES string of the molecule is O=[N+]([O-])c1ccc(NN=Cc2cn(Cc3ccccc3F)c3ccccc23)cc1. The summed E-state index contributed by atoms with van der Waals surface area (Å²) in [5.41, 5.74) is 6.01. The molecule has 0 amide bonds. The van der Waals surface area contributed by atoms with Crippen molar-refractivity contribution in [1.29, 1.82) is 0 Å². The molecule has 1 aromatic heterocycles. The van der Waals surface area contributed by atoms with Crippen LogP contribution < -0.4 is 5.43 Å². The lowest BCUT2D eigenvalue weighted by Crippen LogP contribution is -2.00. The van der Waals surface area contributed by atoms with Gasteiger partial charge in [0.15, 0.2) is 0 Å². The monoisotopic (exact) mass is 388 g/mol. The molecule has 0 bridgehead atoms. The van der Waals surface area contributed by atoms with Crippen molar-refractivity contribution in [3.8, 4) is 0 Å². The lowest BCUT2D eigenvalue weighted by molar-refractivity contribution is -0.384. The van der Waals surface area contributed by atoms with E-state index >= 15 is 0 Å². The van der Waals surface area contributed by atoms with Crippen molar-refractivity contribution in [3.05, 3.63) is 106 Å². The lowest BCUT2D eigenvalue weighted by Gasteiger charge is -2.06. The number of halogens is 1. The van der Waals surface area contributed by atoms with Crippen LogP contribution >= 0.6 is 0 Å². The molecule has 1 N–H and O–H groups in total. The first-order valence-corrected chi connectivity index (χ1v) is 8.96. The third-order valence-corrected chi connectivity index (χ3v) is 4.59. The molecule has 3 aromatic carbocycles. The summed E-state index contributed by atoms with van der Waals surface area (Å²) in [6.45, 7) is 0.413. The van der Waals surface area contributed by atoms with E-state index in [1.54, 1.807) is 30.5 Å². The minimum atomic E-state index is -0.447. The summed E-state index contributed by atoms with van der Waals surface area (Å²) in [5, 5.41) is 16.0. The zero-order valence-corrected chi connectivity index (χ0v) is 15.3. The first-order valence-electron chi connectivity index (χ1n) is 8.96. The summed E-state index contributed by atoms with van der Waals surface area (Å²) in [7, 11) is 0. The second-order valence-corrected chi connectivity index (χ2v) is 6.49. The fourth-order valence-corrected chi connectivity index (χ4v) is 3.15. The quantitative estimate of drug-likeness (QED) is 0.281. The van der Waals surface area contributed by atoms with Gasteiger partial charge in [-0.2, -0.15) is 5.10 Å². The Balaban J connectivity index is 1.58. The molecular weight excluding hydrogens is 371 g/mol. The maximum Gasteiger partial charge on any atom is 0.269 e. The largest absolute Gasteiger partial charge is 0.342 e. The number of nitro benzene ring substituents is 1. The van der Waals surface area contributed by atoms with Gasteiger partial charge in [0, 0.05) is 40.4 Å². The maximum absolute atomic E-state index is 14.1. The van der Waals surface area contributed by atoms with Crippen molar-refractivity contribution < 1.29 is 9.31 Å². The van der Waals surface area contributed by atoms with Crippen molar-refractivity contribution in [2.75, 3.05) is 5.43 Å². The van der Waals surface area contributed by atoms with Gasteiger partial charge in [-0.1, -0.05) is 36.4 Å². The number of nitrogens with one attached hydrogen (secondary N) is 1. The van der Waals surface area contributed by atoms with Gasteiger partial charge >= 0.3 is 0 Å². The molecule has 1 heterocycles. The highest BCUT2D eigenvalue weighted by Gasteiger charge is 2.09. The Hall–Kier alpha value is -4.00. The number of aromatic nitrogens is 1. The van der Waals surface area contributed by atoms with Crippen LogP contribution in [0.4, 0.5) is 15.8 Å². The molecule has 0 aliphatic heterocycles. The average Bonchev–Trinajstić information content (AvgIpc) is 3.08. The fraction of sp³-hybridized carbons (Fsp3) is 0.0455. The molecule has 0 radical (unpaired) electrons. The number of hydrogen-bond acceptors (Lipinski definition) is 4. The molecule has 4 aromatic rings. The van der Waals surface area contributed by atoms with Gasteiger partial charge in [0.05, 0.1) is 23.4 Å². The number of nitrogens with zero attached hydrogens (tertiary/aromatic N) is 3. The zero-order chi connectivity index (χ0) is 20.2. The van der Waals surface area contributed by atoms with Gasteiger partial charge < -0.3 is 4.57 Å². The summed E-state index contributed by atoms with van der Waals surface area (Å²) < 4.78 is 16.0. The van der Waals surface area contributed by atoms with E-state index in [9.17, 15) is 14.5 Å². The van der Waals surface area contributed by atoms with Crippen LogP contribution in [0.1, 0.15) is 11.1 Å². The maximum atomic E-state index is 14.1. The highest BCUT2D eigenvalue weighted by molar-refractivity contribution is 5.99. The third kappa shape index (κ3) is 3.98. The number of hydrogen-bond donors (Lipinski definition) is 1. The lowest BCUT2D eigenvalue weighted by atomic mass is 10.2. The number of nitro groups is 1. The smallest absolute Gasteiger partial charge is 0.269 e. The first kappa shape index (κ1) is 18.4. The fourth-order valence-electron chi connectivity index (χ4n) is 3.15. The zero-order valence-electron chi connectivity index (χ0n) is 15.3. The second-order valence-electron chi connectivity index (χ2n) is 6.49. The van der Waals surface area contributed by atoms with Gasteiger partial charge in [-0.05, 0) is 24.3 Å². The topological polar surface area (TPSA) is 72.5 Å². The molecule has 0 fully saturated rings. The highest BCUT2D eigenvalue weighted by Crippen LogP contribution is 2.22. The summed E-state index contributed by atoms with van der Waals surface area (Å²) in [5.74, 6) is -0.236. The Morgan fingerprint density at radius 1 is 1.03 bits per heavy atom. The molecule has 6 nitrogen and oxygen atoms in total. The van der Waals surface area contributed by atoms with E-state index in [1.807, 2.05) is 41.1 Å². The van der Waals surface area contributed by atoms with Crippen molar-refractivity contribution in [3.63, 3.8) is 0 Å². The van der Waals surface area contributed by atoms with Crippen molar-refractivity contribution in [2.24, 2.45) is 5.10 Å². The molecule has 0 aliphatic carbocycles. The molecule has 7 heteroatoms. The van der Waals surface area contributed by atoms with E-state index in [4.69, 9.17) is 0 Å². The Labute approximate surface area is 166 Å². The molecule has 29 heavy (non-hydrogen) atoms. The number of hydrazone groups is 1. The summed E-state index contributed by atoms with van der Waals surface area (Å²) >= 11 is 0. The average molecular weight is 388 g/mol. The van der Waals surface area contributed by atoms with E-state index in [-0.39, 0.29) is 11.5 Å². The van der Waals surface area contributed by atoms with E-state index < -0.39 is 4.92 Å². The van der Waals surface area contributed by atoms with Crippen molar-refractivity contribution >= 4 is 28.5 Å². The number of benzene rings is 3. The number of fused-ring (bicyclic) bond motifs is 1. The molecule has 0 unspecified atom stereocenters. The Kier molecular flexibility index (Phi) is 5.03. The van der Waals surface area contributed by atoms with Gasteiger partial charge in [0.2, 0.25) is 0 Å². The number of anilines is 1. The van der Waals surface area contributed by atoms with E-state index in [0.717, 1.165) is 16.5 Å². The standard InChI is InChI=1S/C22H17FN4O2/c23-21-7-3-1-5-16(21)14-26-15-17(20-6-2-4-8-22(20)26)13-24-25-18-9-11-19(12-10-18)27(28)29/h1-13,15,25H,14H2. The summed E-state index contributed by atoms with van der Waals surface area (Å²) in [6, 6.07) is 20.6. The van der Waals surface area contributed by atoms with Crippen LogP contribution in [-0.2, 0) is 6.54 Å². The predicted octanol–water partition coefficient (Wildman–Crippen LogP) is 5.18. The van der Waals surface area contributed by atoms with Crippen LogP contribution in [0.3, 0.4) is 0 Å². The molecule has 4 rings (SSSR count). The van der Waals surface area contributed by atoms with Crippen LogP contribution in [0.5, 0.6) is 0 Å². The molecule has 0 atom stereocenters. The molecule has 0 saturated heterocycles. The minimum absolute atomic E-state index is 0.0238. The summed E-state index contributed by atoms with van der Waals surface area (Å²) in [4.78, 5) is 10.3. The van der Waals surface area contributed by atoms with E-state index in [2.05, 4.69) is 10.5 Å². The molecule has 0 saturated carbocycles. The van der Waals surface area contributed by atoms with Crippen molar-refractivity contribution in [1.82, 2.24) is 4.57 Å². The van der Waals surface area contributed by atoms with Gasteiger partial charge in [-0.15, -0.1) is 0 Å².